The number of rotatable bonds is 4. The fourth-order valence-electron chi connectivity index (χ4n) is 1.96. The average Bonchev–Trinajstić information content (AvgIpc) is 2.46. The molecule has 0 saturated carbocycles. The number of carbonyl (C=O) groups is 1. The molecule has 0 spiro atoms. The number of benzene rings is 1. The van der Waals surface area contributed by atoms with Gasteiger partial charge in [0.25, 0.3) is 11.6 Å². The molecule has 7 heteroatoms. The molecule has 1 aromatic heterocycles. The van der Waals surface area contributed by atoms with Crippen LogP contribution in [-0.2, 0) is 0 Å². The van der Waals surface area contributed by atoms with Gasteiger partial charge in [-0.1, -0.05) is 0 Å². The fourth-order valence-corrected chi connectivity index (χ4v) is 1.96. The van der Waals surface area contributed by atoms with Crippen LogP contribution in [0.15, 0.2) is 30.3 Å². The van der Waals surface area contributed by atoms with Gasteiger partial charge in [-0.25, -0.2) is 0 Å². The molecule has 0 radical (unpaired) electrons. The van der Waals surface area contributed by atoms with Crippen molar-refractivity contribution in [1.29, 1.82) is 0 Å². The number of nitrogens with zero attached hydrogens (tertiary/aromatic N) is 2. The Morgan fingerprint density at radius 2 is 2.05 bits per heavy atom. The number of carbonyl (C=O) groups excluding carboxylic acids is 1. The van der Waals surface area contributed by atoms with Crippen LogP contribution >= 0.6 is 0 Å². The molecule has 0 unspecified atom stereocenters. The Hall–Kier alpha value is -2.96. The van der Waals surface area contributed by atoms with Crippen LogP contribution in [0.3, 0.4) is 0 Å². The molecule has 0 bridgehead atoms. The van der Waals surface area contributed by atoms with Gasteiger partial charge in [-0.2, -0.15) is 0 Å². The lowest BCUT2D eigenvalue weighted by Gasteiger charge is -2.11. The standard InChI is InChI=1S/C14H13N3O4/c1-8-3-5-10(14(15)18)13(16-8)11-7-9(17(19)20)4-6-12(11)21-2/h3-7H,1-2H3,(H2,15,18). The van der Waals surface area contributed by atoms with Gasteiger partial charge in [-0.3, -0.25) is 19.9 Å². The first-order valence-corrected chi connectivity index (χ1v) is 6.04. The van der Waals surface area contributed by atoms with E-state index in [1.807, 2.05) is 0 Å². The van der Waals surface area contributed by atoms with Crippen LogP contribution < -0.4 is 10.5 Å². The van der Waals surface area contributed by atoms with Crippen LogP contribution in [-0.4, -0.2) is 22.9 Å². The smallest absolute Gasteiger partial charge is 0.270 e. The van der Waals surface area contributed by atoms with E-state index < -0.39 is 10.8 Å². The number of nitro benzene ring substituents is 1. The number of nitro groups is 1. The number of ether oxygens (including phenoxy) is 1. The van der Waals surface area contributed by atoms with Crippen LogP contribution in [0.5, 0.6) is 5.75 Å². The summed E-state index contributed by atoms with van der Waals surface area (Å²) in [6.07, 6.45) is 0. The summed E-state index contributed by atoms with van der Waals surface area (Å²) in [7, 11) is 1.43. The maximum atomic E-state index is 11.5. The zero-order valence-electron chi connectivity index (χ0n) is 11.5. The topological polar surface area (TPSA) is 108 Å². The van der Waals surface area contributed by atoms with Crippen molar-refractivity contribution in [1.82, 2.24) is 4.98 Å². The minimum Gasteiger partial charge on any atom is -0.496 e. The van der Waals surface area contributed by atoms with E-state index in [1.54, 1.807) is 13.0 Å². The van der Waals surface area contributed by atoms with Crippen molar-refractivity contribution in [2.75, 3.05) is 7.11 Å². The van der Waals surface area contributed by atoms with Crippen molar-refractivity contribution < 1.29 is 14.5 Å². The number of pyridine rings is 1. The van der Waals surface area contributed by atoms with Gasteiger partial charge < -0.3 is 10.5 Å². The van der Waals surface area contributed by atoms with Crippen molar-refractivity contribution in [3.8, 4) is 17.0 Å². The van der Waals surface area contributed by atoms with Crippen LogP contribution in [0.25, 0.3) is 11.3 Å². The third-order valence-corrected chi connectivity index (χ3v) is 2.95. The summed E-state index contributed by atoms with van der Waals surface area (Å²) in [4.78, 5) is 26.2. The van der Waals surface area contributed by atoms with Gasteiger partial charge in [-0.15, -0.1) is 0 Å². The predicted molar refractivity (Wildman–Crippen MR) is 76.1 cm³/mol. The molecule has 1 heterocycles. The number of hydrogen-bond acceptors (Lipinski definition) is 5. The fraction of sp³-hybridized carbons (Fsp3) is 0.143. The highest BCUT2D eigenvalue weighted by atomic mass is 16.6. The summed E-state index contributed by atoms with van der Waals surface area (Å²) in [6.45, 7) is 1.75. The highest BCUT2D eigenvalue weighted by Gasteiger charge is 2.19. The number of aromatic nitrogens is 1. The Morgan fingerprint density at radius 1 is 1.33 bits per heavy atom. The first-order chi connectivity index (χ1) is 9.93. The summed E-state index contributed by atoms with van der Waals surface area (Å²) < 4.78 is 5.19. The van der Waals surface area contributed by atoms with Crippen LogP contribution in [0.2, 0.25) is 0 Å². The van der Waals surface area contributed by atoms with Gasteiger partial charge in [0.2, 0.25) is 0 Å². The van der Waals surface area contributed by atoms with Crippen molar-refractivity contribution in [2.24, 2.45) is 5.73 Å². The molecule has 21 heavy (non-hydrogen) atoms. The minimum absolute atomic E-state index is 0.121. The molecule has 7 nitrogen and oxygen atoms in total. The van der Waals surface area contributed by atoms with E-state index in [9.17, 15) is 14.9 Å². The van der Waals surface area contributed by atoms with Crippen molar-refractivity contribution >= 4 is 11.6 Å². The SMILES string of the molecule is COc1ccc([N+](=O)[O-])cc1-c1nc(C)ccc1C(N)=O. The maximum Gasteiger partial charge on any atom is 0.270 e. The van der Waals surface area contributed by atoms with Gasteiger partial charge in [0.05, 0.1) is 23.3 Å². The molecule has 0 atom stereocenters. The van der Waals surface area contributed by atoms with Crippen molar-refractivity contribution in [2.45, 2.75) is 6.92 Å². The summed E-state index contributed by atoms with van der Waals surface area (Å²) in [6, 6.07) is 7.28. The number of amides is 1. The first-order valence-electron chi connectivity index (χ1n) is 6.04. The van der Waals surface area contributed by atoms with E-state index in [0.717, 1.165) is 0 Å². The molecule has 2 rings (SSSR count). The lowest BCUT2D eigenvalue weighted by molar-refractivity contribution is -0.384. The number of hydrogen-bond donors (Lipinski definition) is 1. The largest absolute Gasteiger partial charge is 0.496 e. The summed E-state index contributed by atoms with van der Waals surface area (Å²) >= 11 is 0. The molecular formula is C14H13N3O4. The zero-order valence-corrected chi connectivity index (χ0v) is 11.5. The number of primary amides is 1. The monoisotopic (exact) mass is 287 g/mol. The van der Waals surface area contributed by atoms with Gasteiger partial charge >= 0.3 is 0 Å². The second-order valence-electron chi connectivity index (χ2n) is 4.35. The Balaban J connectivity index is 2.75. The molecule has 0 aliphatic carbocycles. The summed E-state index contributed by atoms with van der Waals surface area (Å²) in [5.74, 6) is -0.285. The van der Waals surface area contributed by atoms with Gasteiger partial charge in [0.1, 0.15) is 5.75 Å². The quantitative estimate of drug-likeness (QED) is 0.684. The first kappa shape index (κ1) is 14.4. The number of aryl methyl sites for hydroxylation is 1. The Kier molecular flexibility index (Phi) is 3.84. The maximum absolute atomic E-state index is 11.5. The lowest BCUT2D eigenvalue weighted by Crippen LogP contribution is -2.13. The molecule has 108 valence electrons. The number of methoxy groups -OCH3 is 1. The second-order valence-corrected chi connectivity index (χ2v) is 4.35. The highest BCUT2D eigenvalue weighted by molar-refractivity contribution is 5.99. The lowest BCUT2D eigenvalue weighted by atomic mass is 10.0. The van der Waals surface area contributed by atoms with Gasteiger partial charge in [0, 0.05) is 23.4 Å². The zero-order chi connectivity index (χ0) is 15.6. The van der Waals surface area contributed by atoms with Crippen LogP contribution in [0.4, 0.5) is 5.69 Å². The summed E-state index contributed by atoms with van der Waals surface area (Å²) in [5.41, 5.74) is 6.67. The minimum atomic E-state index is -0.661. The van der Waals surface area contributed by atoms with Crippen molar-refractivity contribution in [3.05, 3.63) is 51.7 Å². The third kappa shape index (κ3) is 2.81. The highest BCUT2D eigenvalue weighted by Crippen LogP contribution is 2.34. The predicted octanol–water partition coefficient (Wildman–Crippen LogP) is 2.07. The second kappa shape index (κ2) is 5.58. The van der Waals surface area contributed by atoms with E-state index >= 15 is 0 Å². The molecule has 1 amide bonds. The molecular weight excluding hydrogens is 274 g/mol. The Morgan fingerprint density at radius 3 is 2.62 bits per heavy atom. The Bertz CT molecular complexity index is 728. The molecule has 1 aromatic carbocycles. The molecule has 0 aliphatic heterocycles. The van der Waals surface area contributed by atoms with Crippen LogP contribution in [0, 0.1) is 17.0 Å². The van der Waals surface area contributed by atoms with Crippen molar-refractivity contribution in [3.63, 3.8) is 0 Å². The molecule has 0 saturated heterocycles. The Labute approximate surface area is 120 Å². The molecule has 2 N–H and O–H groups in total. The van der Waals surface area contributed by atoms with E-state index in [0.29, 0.717) is 17.0 Å². The van der Waals surface area contributed by atoms with Gasteiger partial charge in [0.15, 0.2) is 0 Å². The molecule has 0 aliphatic rings. The number of nitrogens with two attached hydrogens (primary N) is 1. The summed E-state index contributed by atoms with van der Waals surface area (Å²) in [5, 5.41) is 10.9. The van der Waals surface area contributed by atoms with Crippen LogP contribution in [0.1, 0.15) is 16.1 Å². The van der Waals surface area contributed by atoms with E-state index in [4.69, 9.17) is 10.5 Å². The normalized spacial score (nSPS) is 10.2. The third-order valence-electron chi connectivity index (χ3n) is 2.95. The van der Waals surface area contributed by atoms with Gasteiger partial charge in [-0.05, 0) is 25.1 Å². The van der Waals surface area contributed by atoms with E-state index in [1.165, 1.54) is 31.4 Å². The van der Waals surface area contributed by atoms with E-state index in [-0.39, 0.29) is 16.9 Å². The number of non-ortho nitro benzene ring substituents is 1. The average molecular weight is 287 g/mol. The molecule has 0 fully saturated rings. The molecule has 2 aromatic rings. The van der Waals surface area contributed by atoms with E-state index in [2.05, 4.69) is 4.98 Å².